The number of carbonyl (C=O) groups is 2. The third kappa shape index (κ3) is 6.12. The van der Waals surface area contributed by atoms with E-state index in [4.69, 9.17) is 4.74 Å². The number of benzene rings is 1. The number of nitrogens with one attached hydrogen (secondary N) is 1. The number of hydrogen-bond acceptors (Lipinski definition) is 6. The van der Waals surface area contributed by atoms with E-state index in [1.807, 2.05) is 41.5 Å². The second-order valence-corrected chi connectivity index (χ2v) is 8.49. The number of thiazole rings is 1. The molecule has 0 radical (unpaired) electrons. The van der Waals surface area contributed by atoms with Crippen LogP contribution < -0.4 is 5.32 Å². The maximum Gasteiger partial charge on any atom is 0.257 e. The van der Waals surface area contributed by atoms with Crippen LogP contribution in [0.25, 0.3) is 0 Å². The van der Waals surface area contributed by atoms with Crippen molar-refractivity contribution in [2.75, 3.05) is 38.1 Å². The SMILES string of the molecule is CCN(CC)CC(=O)N(CC)[C@@H]1CCO[C@H](c2ccc(C(=O)Nc3nccs3)cc2)C1. The second-order valence-electron chi connectivity index (χ2n) is 7.59. The Hall–Kier alpha value is -2.29. The lowest BCUT2D eigenvalue weighted by atomic mass is 9.95. The van der Waals surface area contributed by atoms with Gasteiger partial charge in [0, 0.05) is 36.3 Å². The number of carbonyl (C=O) groups excluding carboxylic acids is 2. The molecule has 0 spiro atoms. The van der Waals surface area contributed by atoms with E-state index in [0.717, 1.165) is 31.5 Å². The van der Waals surface area contributed by atoms with E-state index >= 15 is 0 Å². The molecular formula is C23H32N4O3S. The predicted molar refractivity (Wildman–Crippen MR) is 123 cm³/mol. The molecule has 2 aromatic rings. The highest BCUT2D eigenvalue weighted by atomic mass is 32.1. The second kappa shape index (κ2) is 11.4. The van der Waals surface area contributed by atoms with Crippen molar-refractivity contribution in [1.29, 1.82) is 0 Å². The van der Waals surface area contributed by atoms with Crippen molar-refractivity contribution in [3.8, 4) is 0 Å². The Balaban J connectivity index is 1.62. The molecule has 1 aliphatic heterocycles. The molecule has 1 aromatic heterocycles. The van der Waals surface area contributed by atoms with Crippen LogP contribution in [-0.2, 0) is 9.53 Å². The third-order valence-corrected chi connectivity index (χ3v) is 6.50. The van der Waals surface area contributed by atoms with Crippen LogP contribution in [0.4, 0.5) is 5.13 Å². The average Bonchev–Trinajstić information content (AvgIpc) is 3.31. The van der Waals surface area contributed by atoms with Gasteiger partial charge in [0.25, 0.3) is 5.91 Å². The normalized spacial score (nSPS) is 18.7. The summed E-state index contributed by atoms with van der Waals surface area (Å²) in [7, 11) is 0. The van der Waals surface area contributed by atoms with Crippen LogP contribution in [0.2, 0.25) is 0 Å². The van der Waals surface area contributed by atoms with Gasteiger partial charge in [0.1, 0.15) is 0 Å². The molecule has 0 unspecified atom stereocenters. The molecule has 7 nitrogen and oxygen atoms in total. The Kier molecular flexibility index (Phi) is 8.57. The van der Waals surface area contributed by atoms with E-state index in [0.29, 0.717) is 30.4 Å². The Morgan fingerprint density at radius 3 is 2.52 bits per heavy atom. The number of anilines is 1. The summed E-state index contributed by atoms with van der Waals surface area (Å²) in [6.07, 6.45) is 3.20. The molecule has 2 atom stereocenters. The molecule has 3 rings (SSSR count). The molecule has 1 aromatic carbocycles. The first kappa shape index (κ1) is 23.4. The van der Waals surface area contributed by atoms with E-state index in [-0.39, 0.29) is 24.0 Å². The maximum absolute atomic E-state index is 12.9. The molecule has 1 N–H and O–H groups in total. The van der Waals surface area contributed by atoms with Gasteiger partial charge in [-0.25, -0.2) is 4.98 Å². The van der Waals surface area contributed by atoms with Gasteiger partial charge in [0.15, 0.2) is 5.13 Å². The quantitative estimate of drug-likeness (QED) is 0.637. The minimum Gasteiger partial charge on any atom is -0.373 e. The number of ether oxygens (including phenoxy) is 1. The smallest absolute Gasteiger partial charge is 0.257 e. The third-order valence-electron chi connectivity index (χ3n) is 5.81. The fourth-order valence-corrected chi connectivity index (χ4v) is 4.49. The molecule has 1 saturated heterocycles. The maximum atomic E-state index is 12.9. The zero-order chi connectivity index (χ0) is 22.2. The van der Waals surface area contributed by atoms with Crippen LogP contribution in [0.1, 0.15) is 55.6 Å². The Bertz CT molecular complexity index is 837. The summed E-state index contributed by atoms with van der Waals surface area (Å²) in [6.45, 7) is 9.74. The van der Waals surface area contributed by atoms with Gasteiger partial charge in [-0.15, -0.1) is 11.3 Å². The van der Waals surface area contributed by atoms with Crippen LogP contribution in [-0.4, -0.2) is 65.4 Å². The van der Waals surface area contributed by atoms with Crippen molar-refractivity contribution >= 4 is 28.3 Å². The average molecular weight is 445 g/mol. The standard InChI is InChI=1S/C23H32N4O3S/c1-4-26(5-2)16-21(28)27(6-3)19-11-13-30-20(15-19)17-7-9-18(10-8-17)22(29)25-23-24-12-14-31-23/h7-10,12,14,19-20H,4-6,11,13,15-16H2,1-3H3,(H,24,25,29)/t19-,20+/m1/s1. The van der Waals surface area contributed by atoms with Crippen molar-refractivity contribution < 1.29 is 14.3 Å². The van der Waals surface area contributed by atoms with Crippen LogP contribution >= 0.6 is 11.3 Å². The summed E-state index contributed by atoms with van der Waals surface area (Å²) in [5.41, 5.74) is 1.61. The zero-order valence-corrected chi connectivity index (χ0v) is 19.4. The zero-order valence-electron chi connectivity index (χ0n) is 18.5. The topological polar surface area (TPSA) is 74.8 Å². The van der Waals surface area contributed by atoms with Gasteiger partial charge < -0.3 is 9.64 Å². The summed E-state index contributed by atoms with van der Waals surface area (Å²) in [5, 5.41) is 5.20. The highest BCUT2D eigenvalue weighted by Crippen LogP contribution is 2.31. The van der Waals surface area contributed by atoms with Gasteiger partial charge in [-0.05, 0) is 50.6 Å². The van der Waals surface area contributed by atoms with E-state index < -0.39 is 0 Å². The summed E-state index contributed by atoms with van der Waals surface area (Å²) < 4.78 is 6.02. The molecule has 31 heavy (non-hydrogen) atoms. The number of hydrogen-bond donors (Lipinski definition) is 1. The fourth-order valence-electron chi connectivity index (χ4n) is 3.97. The van der Waals surface area contributed by atoms with E-state index in [9.17, 15) is 9.59 Å². The number of amides is 2. The number of nitrogens with zero attached hydrogens (tertiary/aromatic N) is 3. The molecule has 8 heteroatoms. The summed E-state index contributed by atoms with van der Waals surface area (Å²) in [6, 6.07) is 7.68. The van der Waals surface area contributed by atoms with Crippen LogP contribution in [0.5, 0.6) is 0 Å². The van der Waals surface area contributed by atoms with Gasteiger partial charge >= 0.3 is 0 Å². The minimum atomic E-state index is -0.178. The molecule has 2 amide bonds. The Morgan fingerprint density at radius 2 is 1.90 bits per heavy atom. The molecule has 0 aliphatic carbocycles. The van der Waals surface area contributed by atoms with Crippen LogP contribution in [0.15, 0.2) is 35.8 Å². The van der Waals surface area contributed by atoms with E-state index in [2.05, 4.69) is 29.0 Å². The summed E-state index contributed by atoms with van der Waals surface area (Å²) in [5.74, 6) is 0.00847. The molecule has 1 aliphatic rings. The molecule has 0 bridgehead atoms. The summed E-state index contributed by atoms with van der Waals surface area (Å²) in [4.78, 5) is 33.5. The first-order valence-corrected chi connectivity index (χ1v) is 11.9. The minimum absolute atomic E-state index is 0.0786. The number of likely N-dealkylation sites (N-methyl/N-ethyl adjacent to an activating group) is 2. The van der Waals surface area contributed by atoms with Crippen molar-refractivity contribution in [3.63, 3.8) is 0 Å². The first-order valence-electron chi connectivity index (χ1n) is 11.0. The molecule has 168 valence electrons. The van der Waals surface area contributed by atoms with Gasteiger partial charge in [-0.3, -0.25) is 19.8 Å². The van der Waals surface area contributed by atoms with Gasteiger partial charge in [-0.2, -0.15) is 0 Å². The van der Waals surface area contributed by atoms with Gasteiger partial charge in [0.2, 0.25) is 5.91 Å². The van der Waals surface area contributed by atoms with Crippen molar-refractivity contribution in [2.24, 2.45) is 0 Å². The molecular weight excluding hydrogens is 412 g/mol. The Morgan fingerprint density at radius 1 is 1.16 bits per heavy atom. The monoisotopic (exact) mass is 444 g/mol. The molecule has 0 saturated carbocycles. The lowest BCUT2D eigenvalue weighted by Gasteiger charge is -2.38. The lowest BCUT2D eigenvalue weighted by molar-refractivity contribution is -0.137. The molecule has 2 heterocycles. The Labute approximate surface area is 188 Å². The predicted octanol–water partition coefficient (Wildman–Crippen LogP) is 3.81. The largest absolute Gasteiger partial charge is 0.373 e. The fraction of sp³-hybridized carbons (Fsp3) is 0.522. The number of aromatic nitrogens is 1. The van der Waals surface area contributed by atoms with E-state index in [1.165, 1.54) is 11.3 Å². The van der Waals surface area contributed by atoms with Crippen molar-refractivity contribution in [3.05, 3.63) is 47.0 Å². The van der Waals surface area contributed by atoms with Crippen molar-refractivity contribution in [1.82, 2.24) is 14.8 Å². The van der Waals surface area contributed by atoms with Gasteiger partial charge in [0.05, 0.1) is 12.6 Å². The highest BCUT2D eigenvalue weighted by molar-refractivity contribution is 7.13. The van der Waals surface area contributed by atoms with Crippen LogP contribution in [0, 0.1) is 0 Å². The summed E-state index contributed by atoms with van der Waals surface area (Å²) >= 11 is 1.39. The first-order chi connectivity index (χ1) is 15.0. The molecule has 1 fully saturated rings. The van der Waals surface area contributed by atoms with E-state index in [1.54, 1.807) is 6.20 Å². The lowest BCUT2D eigenvalue weighted by Crippen LogP contribution is -2.47. The highest BCUT2D eigenvalue weighted by Gasteiger charge is 2.30. The number of rotatable bonds is 9. The van der Waals surface area contributed by atoms with Crippen molar-refractivity contribution in [2.45, 2.75) is 45.8 Å². The van der Waals surface area contributed by atoms with Crippen LogP contribution in [0.3, 0.4) is 0 Å². The van der Waals surface area contributed by atoms with Gasteiger partial charge in [-0.1, -0.05) is 26.0 Å².